The molecule has 0 saturated heterocycles. The maximum Gasteiger partial charge on any atom is 0.00954 e. The summed E-state index contributed by atoms with van der Waals surface area (Å²) in [6, 6.07) is 0. The van der Waals surface area contributed by atoms with E-state index in [1.807, 2.05) is 30.6 Å². The Bertz CT molecular complexity index is 691. The first-order valence-electron chi connectivity index (χ1n) is 16.1. The lowest BCUT2D eigenvalue weighted by molar-refractivity contribution is 0.0946. The van der Waals surface area contributed by atoms with Crippen molar-refractivity contribution in [2.75, 3.05) is 0 Å². The maximum absolute atomic E-state index is 2.70. The molecule has 0 spiro atoms. The van der Waals surface area contributed by atoms with Crippen molar-refractivity contribution in [1.29, 1.82) is 0 Å². The Morgan fingerprint density at radius 3 is 2.20 bits per heavy atom. The van der Waals surface area contributed by atoms with Crippen molar-refractivity contribution in [2.24, 2.45) is 40.4 Å². The summed E-state index contributed by atoms with van der Waals surface area (Å²) in [6.45, 7) is 23.5. The van der Waals surface area contributed by atoms with Crippen molar-refractivity contribution in [3.63, 3.8) is 0 Å². The van der Waals surface area contributed by atoms with Crippen LogP contribution in [0, 0.1) is 40.4 Å². The van der Waals surface area contributed by atoms with Gasteiger partial charge < -0.3 is 0 Å². The third-order valence-corrected chi connectivity index (χ3v) is 10.6. The zero-order chi connectivity index (χ0) is 26.2. The summed E-state index contributed by atoms with van der Waals surface area (Å²) in [6.07, 6.45) is 22.4. The standard InChI is InChI=1S/C28H46.C5H12.C2H6/c1-19(2)8-7-9-21(4)24-12-13-25-23-11-10-22-18-20(3)14-16-27(22,5)26(23)15-17-28(24,25)6;1-3-5-4-2;1-2/h10,19-21,24-25H,7-9,11-18H2,1-6H3;3-5H2,1-2H3;1-2H3. The summed E-state index contributed by atoms with van der Waals surface area (Å²) >= 11 is 0. The van der Waals surface area contributed by atoms with E-state index in [1.165, 1.54) is 89.9 Å². The van der Waals surface area contributed by atoms with Crippen LogP contribution in [0.3, 0.4) is 0 Å². The molecule has 0 bridgehead atoms. The zero-order valence-corrected chi connectivity index (χ0v) is 25.9. The molecule has 0 aromatic carbocycles. The van der Waals surface area contributed by atoms with E-state index in [-0.39, 0.29) is 0 Å². The van der Waals surface area contributed by atoms with Crippen LogP contribution in [0.1, 0.15) is 159 Å². The van der Waals surface area contributed by atoms with Crippen molar-refractivity contribution < 1.29 is 0 Å². The van der Waals surface area contributed by atoms with Gasteiger partial charge in [-0.1, -0.05) is 131 Å². The monoisotopic (exact) mass is 485 g/mol. The second-order valence-electron chi connectivity index (χ2n) is 13.5. The highest BCUT2D eigenvalue weighted by Crippen LogP contribution is 2.65. The van der Waals surface area contributed by atoms with E-state index in [2.05, 4.69) is 61.5 Å². The van der Waals surface area contributed by atoms with E-state index in [0.717, 1.165) is 29.6 Å². The van der Waals surface area contributed by atoms with Crippen LogP contribution in [-0.2, 0) is 0 Å². The quantitative estimate of drug-likeness (QED) is 0.315. The predicted octanol–water partition coefficient (Wildman–Crippen LogP) is 12.0. The van der Waals surface area contributed by atoms with Crippen molar-refractivity contribution in [2.45, 2.75) is 159 Å². The van der Waals surface area contributed by atoms with Crippen LogP contribution >= 0.6 is 0 Å². The van der Waals surface area contributed by atoms with Gasteiger partial charge in [0, 0.05) is 5.41 Å². The largest absolute Gasteiger partial charge is 0.0804 e. The van der Waals surface area contributed by atoms with Gasteiger partial charge in [-0.2, -0.15) is 0 Å². The van der Waals surface area contributed by atoms with Gasteiger partial charge >= 0.3 is 0 Å². The van der Waals surface area contributed by atoms with Crippen LogP contribution in [0.25, 0.3) is 0 Å². The molecule has 6 unspecified atom stereocenters. The van der Waals surface area contributed by atoms with E-state index in [9.17, 15) is 0 Å². The smallest absolute Gasteiger partial charge is 0.00954 e. The van der Waals surface area contributed by atoms with Gasteiger partial charge in [0.25, 0.3) is 0 Å². The molecule has 0 nitrogen and oxygen atoms in total. The summed E-state index contributed by atoms with van der Waals surface area (Å²) in [5.41, 5.74) is 6.67. The van der Waals surface area contributed by atoms with Crippen molar-refractivity contribution in [3.05, 3.63) is 22.8 Å². The van der Waals surface area contributed by atoms with E-state index in [0.29, 0.717) is 10.8 Å². The normalized spacial score (nSPS) is 34.5. The third kappa shape index (κ3) is 6.87. The summed E-state index contributed by atoms with van der Waals surface area (Å²) in [5.74, 6) is 4.53. The van der Waals surface area contributed by atoms with Gasteiger partial charge in [-0.15, -0.1) is 0 Å². The minimum absolute atomic E-state index is 0.433. The molecule has 0 N–H and O–H groups in total. The number of rotatable bonds is 7. The topological polar surface area (TPSA) is 0 Å². The van der Waals surface area contributed by atoms with E-state index >= 15 is 0 Å². The Morgan fingerprint density at radius 2 is 1.60 bits per heavy atom. The van der Waals surface area contributed by atoms with Gasteiger partial charge in [0.15, 0.2) is 0 Å². The molecule has 0 heterocycles. The number of hydrogen-bond donors (Lipinski definition) is 0. The van der Waals surface area contributed by atoms with Crippen molar-refractivity contribution in [1.82, 2.24) is 0 Å². The van der Waals surface area contributed by atoms with Gasteiger partial charge in [-0.3, -0.25) is 0 Å². The van der Waals surface area contributed by atoms with E-state index < -0.39 is 0 Å². The van der Waals surface area contributed by atoms with Crippen LogP contribution in [0.15, 0.2) is 22.8 Å². The first-order valence-corrected chi connectivity index (χ1v) is 16.1. The van der Waals surface area contributed by atoms with Gasteiger partial charge in [-0.25, -0.2) is 0 Å². The highest BCUT2D eigenvalue weighted by molar-refractivity contribution is 5.43. The Hall–Kier alpha value is -0.520. The lowest BCUT2D eigenvalue weighted by atomic mass is 9.53. The molecule has 2 saturated carbocycles. The molecule has 0 heteroatoms. The molecule has 0 aliphatic heterocycles. The molecular weight excluding hydrogens is 420 g/mol. The number of unbranched alkanes of at least 4 members (excludes halogenated alkanes) is 2. The molecule has 0 amide bonds. The first-order chi connectivity index (χ1) is 16.7. The van der Waals surface area contributed by atoms with Gasteiger partial charge in [0.05, 0.1) is 0 Å². The number of allylic oxidation sites excluding steroid dienone is 4. The Morgan fingerprint density at radius 1 is 0.914 bits per heavy atom. The van der Waals surface area contributed by atoms with Crippen LogP contribution < -0.4 is 0 Å². The Kier molecular flexibility index (Phi) is 12.2. The number of hydrogen-bond acceptors (Lipinski definition) is 0. The van der Waals surface area contributed by atoms with Crippen LogP contribution in [0.2, 0.25) is 0 Å². The molecule has 0 radical (unpaired) electrons. The summed E-state index contributed by atoms with van der Waals surface area (Å²) in [4.78, 5) is 0. The molecule has 2 fully saturated rings. The molecular formula is C35H64. The highest BCUT2D eigenvalue weighted by Gasteiger charge is 2.54. The third-order valence-electron chi connectivity index (χ3n) is 10.6. The van der Waals surface area contributed by atoms with Crippen LogP contribution in [-0.4, -0.2) is 0 Å². The highest BCUT2D eigenvalue weighted by atomic mass is 14.6. The van der Waals surface area contributed by atoms with Gasteiger partial charge in [0.2, 0.25) is 0 Å². The van der Waals surface area contributed by atoms with Crippen molar-refractivity contribution in [3.8, 4) is 0 Å². The minimum Gasteiger partial charge on any atom is -0.0804 e. The van der Waals surface area contributed by atoms with Crippen molar-refractivity contribution >= 4 is 0 Å². The molecule has 0 aromatic heterocycles. The molecule has 35 heavy (non-hydrogen) atoms. The van der Waals surface area contributed by atoms with E-state index in [1.54, 1.807) is 0 Å². The molecule has 6 atom stereocenters. The molecule has 4 rings (SSSR count). The summed E-state index contributed by atoms with van der Waals surface area (Å²) < 4.78 is 0. The van der Waals surface area contributed by atoms with E-state index in [4.69, 9.17) is 0 Å². The second-order valence-corrected chi connectivity index (χ2v) is 13.5. The second kappa shape index (κ2) is 13.9. The lowest BCUT2D eigenvalue weighted by Crippen LogP contribution is -2.41. The molecule has 4 aliphatic carbocycles. The summed E-state index contributed by atoms with van der Waals surface area (Å²) in [5, 5.41) is 0. The Balaban J connectivity index is 0.000000551. The average Bonchev–Trinajstić information content (AvgIpc) is 3.19. The Labute approximate surface area is 222 Å². The fraction of sp³-hybridized carbons (Fsp3) is 0.886. The zero-order valence-electron chi connectivity index (χ0n) is 25.9. The average molecular weight is 485 g/mol. The molecule has 204 valence electrons. The molecule has 4 aliphatic rings. The maximum atomic E-state index is 2.70. The van der Waals surface area contributed by atoms with Crippen LogP contribution in [0.5, 0.6) is 0 Å². The predicted molar refractivity (Wildman–Crippen MR) is 159 cm³/mol. The van der Waals surface area contributed by atoms with Gasteiger partial charge in [0.1, 0.15) is 0 Å². The summed E-state index contributed by atoms with van der Waals surface area (Å²) in [7, 11) is 0. The fourth-order valence-electron chi connectivity index (χ4n) is 8.48. The SMILES string of the molecule is CC.CC(C)CCCC(C)C1CCC2C3=C(CCC21C)C1(C)CCC(C)CC1=CC3.CCCCC. The van der Waals surface area contributed by atoms with Crippen LogP contribution in [0.4, 0.5) is 0 Å². The number of fused-ring (bicyclic) bond motifs is 4. The fourth-order valence-corrected chi connectivity index (χ4v) is 8.48. The molecule has 0 aromatic rings. The minimum atomic E-state index is 0.433. The lowest BCUT2D eigenvalue weighted by Gasteiger charge is -2.52. The first kappa shape index (κ1) is 30.7. The van der Waals surface area contributed by atoms with Gasteiger partial charge in [-0.05, 0) is 86.4 Å².